The largest absolute Gasteiger partial charge is 0.338 e. The first-order chi connectivity index (χ1) is 11.2. The number of hydrogen-bond donors (Lipinski definition) is 0. The molecule has 4 heteroatoms. The Labute approximate surface area is 141 Å². The predicted molar refractivity (Wildman–Crippen MR) is 94.6 cm³/mol. The summed E-state index contributed by atoms with van der Waals surface area (Å²) in [5.41, 5.74) is 2.34. The Morgan fingerprint density at radius 3 is 2.74 bits per heavy atom. The molecule has 1 fully saturated rings. The number of piperidine rings is 1. The normalized spacial score (nSPS) is 21.3. The zero-order chi connectivity index (χ0) is 15.8. The van der Waals surface area contributed by atoms with Gasteiger partial charge in [-0.2, -0.15) is 0 Å². The van der Waals surface area contributed by atoms with Crippen LogP contribution in [0.25, 0.3) is 5.00 Å². The van der Waals surface area contributed by atoms with Crippen LogP contribution in [0, 0.1) is 5.92 Å². The van der Waals surface area contributed by atoms with Gasteiger partial charge >= 0.3 is 0 Å². The van der Waals surface area contributed by atoms with Crippen molar-refractivity contribution in [3.63, 3.8) is 0 Å². The molecule has 0 aromatic carbocycles. The average Bonchev–Trinajstić information content (AvgIpc) is 3.21. The van der Waals surface area contributed by atoms with Crippen LogP contribution in [0.4, 0.5) is 0 Å². The number of likely N-dealkylation sites (tertiary alicyclic amines) is 1. The highest BCUT2D eigenvalue weighted by Crippen LogP contribution is 2.38. The lowest BCUT2D eigenvalue weighted by Gasteiger charge is -2.31. The summed E-state index contributed by atoms with van der Waals surface area (Å²) in [6, 6.07) is 4.08. The fourth-order valence-corrected chi connectivity index (χ4v) is 5.30. The molecule has 0 spiro atoms. The molecular weight excluding hydrogens is 304 g/mol. The molecule has 1 saturated heterocycles. The fraction of sp³-hybridized carbons (Fsp3) is 0.526. The van der Waals surface area contributed by atoms with Crippen molar-refractivity contribution in [2.24, 2.45) is 5.92 Å². The summed E-state index contributed by atoms with van der Waals surface area (Å²) >= 11 is 1.83. The molecule has 0 bridgehead atoms. The van der Waals surface area contributed by atoms with Crippen LogP contribution in [0.1, 0.15) is 53.4 Å². The molecule has 2 aromatic rings. The number of aryl methyl sites for hydroxylation is 1. The van der Waals surface area contributed by atoms with Gasteiger partial charge in [0.1, 0.15) is 5.00 Å². The second-order valence-electron chi connectivity index (χ2n) is 6.98. The maximum atomic E-state index is 13.3. The van der Waals surface area contributed by atoms with Gasteiger partial charge in [-0.25, -0.2) is 0 Å². The highest BCUT2D eigenvalue weighted by Gasteiger charge is 2.30. The second-order valence-corrected chi connectivity index (χ2v) is 8.06. The molecule has 3 heterocycles. The van der Waals surface area contributed by atoms with E-state index >= 15 is 0 Å². The monoisotopic (exact) mass is 328 g/mol. The lowest BCUT2D eigenvalue weighted by molar-refractivity contribution is 0.0682. The molecule has 0 N–H and O–H groups in total. The second kappa shape index (κ2) is 6.16. The van der Waals surface area contributed by atoms with E-state index in [1.54, 1.807) is 0 Å². The molecule has 1 aliphatic carbocycles. The maximum absolute atomic E-state index is 13.3. The van der Waals surface area contributed by atoms with Crippen molar-refractivity contribution >= 4 is 17.2 Å². The summed E-state index contributed by atoms with van der Waals surface area (Å²) in [4.78, 5) is 16.8. The summed E-state index contributed by atoms with van der Waals surface area (Å²) in [5.74, 6) is 0.886. The van der Waals surface area contributed by atoms with E-state index in [4.69, 9.17) is 0 Å². The van der Waals surface area contributed by atoms with Crippen LogP contribution < -0.4 is 0 Å². The molecule has 2 aliphatic rings. The third-order valence-corrected chi connectivity index (χ3v) is 6.45. The summed E-state index contributed by atoms with van der Waals surface area (Å²) in [6.45, 7) is 4.09. The minimum Gasteiger partial charge on any atom is -0.338 e. The van der Waals surface area contributed by atoms with Crippen LogP contribution in [-0.2, 0) is 12.8 Å². The Morgan fingerprint density at radius 2 is 1.96 bits per heavy atom. The third-order valence-electron chi connectivity index (χ3n) is 5.15. The first-order valence-corrected chi connectivity index (χ1v) is 9.63. The number of carbonyl (C=O) groups excluding carboxylic acids is 1. The first kappa shape index (κ1) is 15.0. The van der Waals surface area contributed by atoms with Crippen LogP contribution >= 0.6 is 11.3 Å². The van der Waals surface area contributed by atoms with Crippen LogP contribution in [0.5, 0.6) is 0 Å². The smallest absolute Gasteiger partial charge is 0.257 e. The van der Waals surface area contributed by atoms with Gasteiger partial charge in [0.15, 0.2) is 0 Å². The van der Waals surface area contributed by atoms with Gasteiger partial charge < -0.3 is 9.47 Å². The molecule has 0 radical (unpaired) electrons. The topological polar surface area (TPSA) is 25.2 Å². The average molecular weight is 328 g/mol. The number of fused-ring (bicyclic) bond motifs is 1. The Bertz CT molecular complexity index is 701. The number of rotatable bonds is 2. The number of nitrogens with zero attached hydrogens (tertiary/aromatic N) is 2. The SMILES string of the molecule is CC1CCCN(C(=O)c2c(-n3cccc3)sc3c2CCCC3)C1. The molecule has 23 heavy (non-hydrogen) atoms. The number of thiophene rings is 1. The molecule has 3 nitrogen and oxygen atoms in total. The third kappa shape index (κ3) is 2.74. The van der Waals surface area contributed by atoms with Crippen molar-refractivity contribution in [3.05, 3.63) is 40.5 Å². The molecular formula is C19H24N2OS. The zero-order valence-corrected chi connectivity index (χ0v) is 14.6. The van der Waals surface area contributed by atoms with Crippen LogP contribution in [0.3, 0.4) is 0 Å². The van der Waals surface area contributed by atoms with Gasteiger partial charge in [0.2, 0.25) is 0 Å². The highest BCUT2D eigenvalue weighted by molar-refractivity contribution is 7.15. The van der Waals surface area contributed by atoms with Gasteiger partial charge in [0.05, 0.1) is 5.56 Å². The van der Waals surface area contributed by atoms with E-state index in [1.807, 2.05) is 23.5 Å². The van der Waals surface area contributed by atoms with E-state index < -0.39 is 0 Å². The minimum atomic E-state index is 0.264. The molecule has 0 saturated carbocycles. The van der Waals surface area contributed by atoms with Crippen LogP contribution in [0.2, 0.25) is 0 Å². The predicted octanol–water partition coefficient (Wildman–Crippen LogP) is 4.29. The van der Waals surface area contributed by atoms with Crippen molar-refractivity contribution in [1.82, 2.24) is 9.47 Å². The number of amides is 1. The summed E-state index contributed by atoms with van der Waals surface area (Å²) in [6.07, 6.45) is 11.2. The summed E-state index contributed by atoms with van der Waals surface area (Å²) in [5, 5.41) is 1.13. The van der Waals surface area contributed by atoms with Gasteiger partial charge in [0, 0.05) is 30.4 Å². The van der Waals surface area contributed by atoms with Gasteiger partial charge in [-0.05, 0) is 62.1 Å². The Balaban J connectivity index is 1.76. The van der Waals surface area contributed by atoms with E-state index in [0.29, 0.717) is 5.92 Å². The molecule has 1 aliphatic heterocycles. The van der Waals surface area contributed by atoms with Gasteiger partial charge in [-0.3, -0.25) is 4.79 Å². The summed E-state index contributed by atoms with van der Waals surface area (Å²) in [7, 11) is 0. The molecule has 122 valence electrons. The molecule has 1 atom stereocenters. The van der Waals surface area contributed by atoms with Gasteiger partial charge in [0.25, 0.3) is 5.91 Å². The van der Waals surface area contributed by atoms with E-state index in [-0.39, 0.29) is 5.91 Å². The van der Waals surface area contributed by atoms with Crippen molar-refractivity contribution in [2.45, 2.75) is 45.4 Å². The minimum absolute atomic E-state index is 0.264. The zero-order valence-electron chi connectivity index (χ0n) is 13.8. The van der Waals surface area contributed by atoms with Crippen molar-refractivity contribution < 1.29 is 4.79 Å². The van der Waals surface area contributed by atoms with Gasteiger partial charge in [-0.15, -0.1) is 11.3 Å². The highest BCUT2D eigenvalue weighted by atomic mass is 32.1. The molecule has 1 unspecified atom stereocenters. The lowest BCUT2D eigenvalue weighted by atomic mass is 9.94. The fourth-order valence-electron chi connectivity index (χ4n) is 3.96. The lowest BCUT2D eigenvalue weighted by Crippen LogP contribution is -2.39. The van der Waals surface area contributed by atoms with E-state index in [0.717, 1.165) is 42.9 Å². The van der Waals surface area contributed by atoms with Gasteiger partial charge in [-0.1, -0.05) is 6.92 Å². The van der Waals surface area contributed by atoms with Crippen molar-refractivity contribution in [1.29, 1.82) is 0 Å². The summed E-state index contributed by atoms with van der Waals surface area (Å²) < 4.78 is 2.13. The van der Waals surface area contributed by atoms with E-state index in [1.165, 1.54) is 29.7 Å². The first-order valence-electron chi connectivity index (χ1n) is 8.81. The number of hydrogen-bond acceptors (Lipinski definition) is 2. The van der Waals surface area contributed by atoms with E-state index in [9.17, 15) is 4.79 Å². The molecule has 1 amide bonds. The molecule has 4 rings (SSSR count). The number of aromatic nitrogens is 1. The Morgan fingerprint density at radius 1 is 1.17 bits per heavy atom. The van der Waals surface area contributed by atoms with Crippen LogP contribution in [-0.4, -0.2) is 28.5 Å². The van der Waals surface area contributed by atoms with Crippen molar-refractivity contribution in [2.75, 3.05) is 13.1 Å². The van der Waals surface area contributed by atoms with E-state index in [2.05, 4.69) is 28.8 Å². The Hall–Kier alpha value is -1.55. The standard InChI is InChI=1S/C19H24N2OS/c1-14-7-6-12-21(13-14)18(22)17-15-8-2-3-9-16(15)23-19(17)20-10-4-5-11-20/h4-5,10-11,14H,2-3,6-9,12-13H2,1H3. The van der Waals surface area contributed by atoms with Crippen LogP contribution in [0.15, 0.2) is 24.5 Å². The Kier molecular flexibility index (Phi) is 4.02. The molecule has 2 aromatic heterocycles. The maximum Gasteiger partial charge on any atom is 0.257 e. The van der Waals surface area contributed by atoms with Crippen molar-refractivity contribution in [3.8, 4) is 5.00 Å². The quantitative estimate of drug-likeness (QED) is 0.807. The number of carbonyl (C=O) groups is 1.